The second-order valence-corrected chi connectivity index (χ2v) is 6.40. The first-order chi connectivity index (χ1) is 11.2. The Morgan fingerprint density at radius 1 is 1.22 bits per heavy atom. The van der Waals surface area contributed by atoms with E-state index in [-0.39, 0.29) is 11.5 Å². The van der Waals surface area contributed by atoms with Crippen molar-refractivity contribution in [3.63, 3.8) is 0 Å². The predicted octanol–water partition coefficient (Wildman–Crippen LogP) is 3.47. The second kappa shape index (κ2) is 6.80. The third-order valence-electron chi connectivity index (χ3n) is 3.16. The molecule has 1 amide bonds. The number of carbonyl (C=O) groups is 1. The summed E-state index contributed by atoms with van der Waals surface area (Å²) in [6.07, 6.45) is 3.41. The zero-order valence-corrected chi connectivity index (χ0v) is 13.8. The molecule has 2 aromatic heterocycles. The van der Waals surface area contributed by atoms with Crippen molar-refractivity contribution < 1.29 is 4.79 Å². The van der Waals surface area contributed by atoms with Crippen LogP contribution in [-0.4, -0.2) is 22.1 Å². The van der Waals surface area contributed by atoms with Crippen molar-refractivity contribution >= 4 is 34.1 Å². The number of aromatic amines is 1. The summed E-state index contributed by atoms with van der Waals surface area (Å²) in [5.74, 6) is -0.306. The number of thioether (sulfide) groups is 1. The van der Waals surface area contributed by atoms with Crippen LogP contribution in [0.2, 0.25) is 0 Å². The maximum absolute atomic E-state index is 12.1. The summed E-state index contributed by atoms with van der Waals surface area (Å²) in [4.78, 5) is 31.2. The fourth-order valence-corrected chi connectivity index (χ4v) is 3.07. The molecule has 3 rings (SSSR count). The summed E-state index contributed by atoms with van der Waals surface area (Å²) in [6, 6.07) is 10.9. The average Bonchev–Trinajstić information content (AvgIpc) is 3.04. The van der Waals surface area contributed by atoms with Gasteiger partial charge in [-0.25, -0.2) is 4.98 Å². The van der Waals surface area contributed by atoms with E-state index in [1.54, 1.807) is 11.8 Å². The van der Waals surface area contributed by atoms with Crippen LogP contribution >= 0.6 is 23.1 Å². The number of hydrogen-bond acceptors (Lipinski definition) is 5. The van der Waals surface area contributed by atoms with Gasteiger partial charge in [0.25, 0.3) is 5.91 Å². The number of aromatic nitrogens is 2. The van der Waals surface area contributed by atoms with E-state index in [0.29, 0.717) is 10.7 Å². The van der Waals surface area contributed by atoms with Crippen LogP contribution in [0.4, 0.5) is 5.13 Å². The van der Waals surface area contributed by atoms with E-state index in [0.717, 1.165) is 11.3 Å². The molecule has 116 valence electrons. The summed E-state index contributed by atoms with van der Waals surface area (Å²) in [5.41, 5.74) is 1.96. The molecule has 0 atom stereocenters. The van der Waals surface area contributed by atoms with Gasteiger partial charge in [0.05, 0.1) is 11.3 Å². The first-order valence-corrected chi connectivity index (χ1v) is 8.86. The summed E-state index contributed by atoms with van der Waals surface area (Å²) in [6.45, 7) is 0. The maximum atomic E-state index is 12.1. The van der Waals surface area contributed by atoms with Gasteiger partial charge in [-0.05, 0) is 24.5 Å². The van der Waals surface area contributed by atoms with Crippen LogP contribution in [0.1, 0.15) is 10.4 Å². The molecule has 0 saturated heterocycles. The minimum atomic E-state index is -0.306. The van der Waals surface area contributed by atoms with Crippen LogP contribution in [-0.2, 0) is 0 Å². The third kappa shape index (κ3) is 3.69. The molecule has 2 heterocycles. The van der Waals surface area contributed by atoms with Gasteiger partial charge in [-0.1, -0.05) is 12.1 Å². The summed E-state index contributed by atoms with van der Waals surface area (Å²) < 4.78 is 0. The Balaban J connectivity index is 1.74. The topological polar surface area (TPSA) is 74.8 Å². The Bertz CT molecular complexity index is 864. The van der Waals surface area contributed by atoms with Crippen molar-refractivity contribution in [2.75, 3.05) is 11.6 Å². The Kier molecular flexibility index (Phi) is 4.59. The van der Waals surface area contributed by atoms with Gasteiger partial charge >= 0.3 is 0 Å². The number of amides is 1. The van der Waals surface area contributed by atoms with Crippen molar-refractivity contribution in [1.29, 1.82) is 0 Å². The molecule has 5 nitrogen and oxygen atoms in total. The SMILES string of the molecule is CSc1ccc(-c2csc(NC(=O)c3ccc(=O)[nH]c3)n2)cc1. The highest BCUT2D eigenvalue weighted by molar-refractivity contribution is 7.98. The van der Waals surface area contributed by atoms with Crippen molar-refractivity contribution in [3.8, 4) is 11.3 Å². The molecule has 0 saturated carbocycles. The van der Waals surface area contributed by atoms with Crippen LogP contribution in [0, 0.1) is 0 Å². The molecule has 2 N–H and O–H groups in total. The van der Waals surface area contributed by atoms with E-state index in [1.807, 2.05) is 35.9 Å². The van der Waals surface area contributed by atoms with E-state index >= 15 is 0 Å². The molecule has 0 aliphatic carbocycles. The fraction of sp³-hybridized carbons (Fsp3) is 0.0625. The van der Waals surface area contributed by atoms with Gasteiger partial charge in [0.1, 0.15) is 0 Å². The lowest BCUT2D eigenvalue weighted by Crippen LogP contribution is -2.14. The molecule has 0 aliphatic heterocycles. The molecule has 1 aromatic carbocycles. The third-order valence-corrected chi connectivity index (χ3v) is 4.66. The van der Waals surface area contributed by atoms with Crippen LogP contribution in [0.5, 0.6) is 0 Å². The number of nitrogens with one attached hydrogen (secondary N) is 2. The number of thiazole rings is 1. The van der Waals surface area contributed by atoms with Gasteiger partial charge < -0.3 is 4.98 Å². The lowest BCUT2D eigenvalue weighted by Gasteiger charge is -2.01. The first kappa shape index (κ1) is 15.5. The van der Waals surface area contributed by atoms with E-state index < -0.39 is 0 Å². The Labute approximate surface area is 140 Å². The standard InChI is InChI=1S/C16H13N3O2S2/c1-22-12-5-2-10(3-6-12)13-9-23-16(18-13)19-15(21)11-4-7-14(20)17-8-11/h2-9H,1H3,(H,17,20)(H,18,19,21). The Hall–Kier alpha value is -2.38. The molecule has 0 fully saturated rings. The highest BCUT2D eigenvalue weighted by Gasteiger charge is 2.10. The monoisotopic (exact) mass is 343 g/mol. The van der Waals surface area contributed by atoms with Crippen LogP contribution < -0.4 is 10.9 Å². The summed E-state index contributed by atoms with van der Waals surface area (Å²) in [5, 5.41) is 5.15. The smallest absolute Gasteiger partial charge is 0.258 e. The van der Waals surface area contributed by atoms with Crippen LogP contribution in [0.25, 0.3) is 11.3 Å². The number of anilines is 1. The van der Waals surface area contributed by atoms with E-state index in [9.17, 15) is 9.59 Å². The van der Waals surface area contributed by atoms with E-state index in [4.69, 9.17) is 0 Å². The van der Waals surface area contributed by atoms with Crippen molar-refractivity contribution in [2.24, 2.45) is 0 Å². The molecular formula is C16H13N3O2S2. The minimum absolute atomic E-state index is 0.244. The zero-order chi connectivity index (χ0) is 16.2. The van der Waals surface area contributed by atoms with Crippen molar-refractivity contribution in [1.82, 2.24) is 9.97 Å². The molecule has 0 aliphatic rings. The first-order valence-electron chi connectivity index (χ1n) is 6.76. The predicted molar refractivity (Wildman–Crippen MR) is 94.3 cm³/mol. The molecule has 0 spiro atoms. The van der Waals surface area contributed by atoms with Gasteiger partial charge in [-0.2, -0.15) is 0 Å². The Morgan fingerprint density at radius 2 is 2.00 bits per heavy atom. The van der Waals surface area contributed by atoms with E-state index in [1.165, 1.54) is 34.6 Å². The largest absolute Gasteiger partial charge is 0.328 e. The van der Waals surface area contributed by atoms with Crippen LogP contribution in [0.15, 0.2) is 57.7 Å². The van der Waals surface area contributed by atoms with Gasteiger partial charge in [-0.3, -0.25) is 14.9 Å². The van der Waals surface area contributed by atoms with Gasteiger partial charge in [0, 0.05) is 28.1 Å². The lowest BCUT2D eigenvalue weighted by atomic mass is 10.2. The second-order valence-electron chi connectivity index (χ2n) is 4.66. The summed E-state index contributed by atoms with van der Waals surface area (Å²) >= 11 is 3.05. The number of benzene rings is 1. The molecule has 0 unspecified atom stereocenters. The highest BCUT2D eigenvalue weighted by atomic mass is 32.2. The zero-order valence-electron chi connectivity index (χ0n) is 12.2. The van der Waals surface area contributed by atoms with Crippen molar-refractivity contribution in [3.05, 3.63) is 63.9 Å². The number of nitrogens with zero attached hydrogens (tertiary/aromatic N) is 1. The summed E-state index contributed by atoms with van der Waals surface area (Å²) in [7, 11) is 0. The Morgan fingerprint density at radius 3 is 2.65 bits per heavy atom. The number of hydrogen-bond donors (Lipinski definition) is 2. The number of pyridine rings is 1. The lowest BCUT2D eigenvalue weighted by molar-refractivity contribution is 0.102. The number of carbonyl (C=O) groups excluding carboxylic acids is 1. The fourth-order valence-electron chi connectivity index (χ4n) is 1.95. The van der Waals surface area contributed by atoms with E-state index in [2.05, 4.69) is 15.3 Å². The molecule has 3 aromatic rings. The normalized spacial score (nSPS) is 10.5. The molecule has 0 radical (unpaired) electrons. The minimum Gasteiger partial charge on any atom is -0.328 e. The van der Waals surface area contributed by atoms with Gasteiger partial charge in [-0.15, -0.1) is 23.1 Å². The number of H-pyrrole nitrogens is 1. The number of rotatable bonds is 4. The molecular weight excluding hydrogens is 330 g/mol. The van der Waals surface area contributed by atoms with Gasteiger partial charge in [0.15, 0.2) is 5.13 Å². The highest BCUT2D eigenvalue weighted by Crippen LogP contribution is 2.26. The molecule has 23 heavy (non-hydrogen) atoms. The molecule has 7 heteroatoms. The maximum Gasteiger partial charge on any atom is 0.258 e. The van der Waals surface area contributed by atoms with Crippen LogP contribution in [0.3, 0.4) is 0 Å². The van der Waals surface area contributed by atoms with Crippen molar-refractivity contribution in [2.45, 2.75) is 4.90 Å². The quantitative estimate of drug-likeness (QED) is 0.711. The van der Waals surface area contributed by atoms with Gasteiger partial charge in [0.2, 0.25) is 5.56 Å². The average molecular weight is 343 g/mol. The molecule has 0 bridgehead atoms.